The van der Waals surface area contributed by atoms with Gasteiger partial charge in [0.2, 0.25) is 0 Å². The number of nitrogens with zero attached hydrogens (tertiary/aromatic N) is 2. The van der Waals surface area contributed by atoms with Gasteiger partial charge in [-0.05, 0) is 31.2 Å². The van der Waals surface area contributed by atoms with Gasteiger partial charge in [0.05, 0.1) is 12.8 Å². The number of ether oxygens (including phenoxy) is 1. The molecule has 0 fully saturated rings. The fourth-order valence-corrected chi connectivity index (χ4v) is 1.79. The first kappa shape index (κ1) is 13.5. The zero-order valence-corrected chi connectivity index (χ0v) is 11.4. The summed E-state index contributed by atoms with van der Waals surface area (Å²) in [6, 6.07) is 9.72. The van der Waals surface area contributed by atoms with Gasteiger partial charge in [-0.1, -0.05) is 19.1 Å². The van der Waals surface area contributed by atoms with Gasteiger partial charge < -0.3 is 10.1 Å². The zero-order valence-electron chi connectivity index (χ0n) is 11.4. The van der Waals surface area contributed by atoms with Crippen molar-refractivity contribution in [3.05, 3.63) is 42.2 Å². The Hall–Kier alpha value is -1.94. The summed E-state index contributed by atoms with van der Waals surface area (Å²) < 4.78 is 5.22. The van der Waals surface area contributed by atoms with Gasteiger partial charge in [0, 0.05) is 18.3 Å². The first-order valence-corrected chi connectivity index (χ1v) is 6.50. The molecule has 1 aromatic heterocycles. The molecular formula is C15H19N3O. The second kappa shape index (κ2) is 6.85. The van der Waals surface area contributed by atoms with Gasteiger partial charge in [-0.2, -0.15) is 0 Å². The molecule has 0 aliphatic heterocycles. The lowest BCUT2D eigenvalue weighted by Crippen LogP contribution is -2.15. The maximum atomic E-state index is 5.22. The minimum atomic E-state index is 0.731. The Morgan fingerprint density at radius 1 is 1.26 bits per heavy atom. The van der Waals surface area contributed by atoms with E-state index in [1.807, 2.05) is 30.3 Å². The van der Waals surface area contributed by atoms with Crippen LogP contribution in [0.3, 0.4) is 0 Å². The summed E-state index contributed by atoms with van der Waals surface area (Å²) in [5.41, 5.74) is 1.97. The molecule has 0 unspecified atom stereocenters. The molecule has 0 bridgehead atoms. The Balaban J connectivity index is 2.17. The van der Waals surface area contributed by atoms with Crippen LogP contribution in [0.1, 0.15) is 19.0 Å². The highest BCUT2D eigenvalue weighted by Crippen LogP contribution is 2.20. The van der Waals surface area contributed by atoms with Crippen LogP contribution >= 0.6 is 0 Å². The molecule has 0 atom stereocenters. The number of hydrogen-bond acceptors (Lipinski definition) is 4. The minimum Gasteiger partial charge on any atom is -0.497 e. The third kappa shape index (κ3) is 3.76. The predicted octanol–water partition coefficient (Wildman–Crippen LogP) is 2.65. The molecular weight excluding hydrogens is 238 g/mol. The number of aromatic nitrogens is 2. The van der Waals surface area contributed by atoms with E-state index in [-0.39, 0.29) is 0 Å². The van der Waals surface area contributed by atoms with E-state index in [2.05, 4.69) is 22.2 Å². The highest BCUT2D eigenvalue weighted by Gasteiger charge is 2.03. The SMILES string of the molecule is CCCNCc1ccnc(-c2cccc(OC)c2)n1. The van der Waals surface area contributed by atoms with Crippen LogP contribution in [-0.4, -0.2) is 23.6 Å². The van der Waals surface area contributed by atoms with Crippen molar-refractivity contribution in [3.63, 3.8) is 0 Å². The fraction of sp³-hybridized carbons (Fsp3) is 0.333. The highest BCUT2D eigenvalue weighted by atomic mass is 16.5. The second-order valence-electron chi connectivity index (χ2n) is 4.28. The van der Waals surface area contributed by atoms with Crippen LogP contribution < -0.4 is 10.1 Å². The molecule has 1 aromatic carbocycles. The van der Waals surface area contributed by atoms with Crippen LogP contribution in [0.5, 0.6) is 5.75 Å². The van der Waals surface area contributed by atoms with E-state index in [1.165, 1.54) is 0 Å². The van der Waals surface area contributed by atoms with Crippen molar-refractivity contribution >= 4 is 0 Å². The molecule has 0 saturated heterocycles. The Bertz CT molecular complexity index is 528. The van der Waals surface area contributed by atoms with Gasteiger partial charge in [-0.25, -0.2) is 9.97 Å². The summed E-state index contributed by atoms with van der Waals surface area (Å²) in [7, 11) is 1.66. The molecule has 1 N–H and O–H groups in total. The van der Waals surface area contributed by atoms with Crippen molar-refractivity contribution in [2.45, 2.75) is 19.9 Å². The molecule has 0 amide bonds. The molecule has 4 heteroatoms. The average Bonchev–Trinajstić information content (AvgIpc) is 2.48. The number of benzene rings is 1. The lowest BCUT2D eigenvalue weighted by atomic mass is 10.2. The van der Waals surface area contributed by atoms with Crippen LogP contribution in [0.2, 0.25) is 0 Å². The van der Waals surface area contributed by atoms with Gasteiger partial charge >= 0.3 is 0 Å². The number of rotatable bonds is 6. The molecule has 2 rings (SSSR count). The molecule has 0 radical (unpaired) electrons. The van der Waals surface area contributed by atoms with Crippen molar-refractivity contribution in [1.82, 2.24) is 15.3 Å². The van der Waals surface area contributed by atoms with Crippen molar-refractivity contribution in [3.8, 4) is 17.1 Å². The Kier molecular flexibility index (Phi) is 4.86. The normalized spacial score (nSPS) is 10.4. The summed E-state index contributed by atoms with van der Waals surface area (Å²) in [5.74, 6) is 1.55. The van der Waals surface area contributed by atoms with Crippen LogP contribution in [0.4, 0.5) is 0 Å². The molecule has 0 saturated carbocycles. The van der Waals surface area contributed by atoms with Gasteiger partial charge in [0.15, 0.2) is 5.82 Å². The predicted molar refractivity (Wildman–Crippen MR) is 76.0 cm³/mol. The molecule has 1 heterocycles. The van der Waals surface area contributed by atoms with Gasteiger partial charge in [-0.15, -0.1) is 0 Å². The van der Waals surface area contributed by atoms with Crippen LogP contribution in [0, 0.1) is 0 Å². The molecule has 2 aromatic rings. The fourth-order valence-electron chi connectivity index (χ4n) is 1.79. The van der Waals surface area contributed by atoms with E-state index in [0.717, 1.165) is 42.3 Å². The summed E-state index contributed by atoms with van der Waals surface area (Å²) in [6.45, 7) is 3.92. The highest BCUT2D eigenvalue weighted by molar-refractivity contribution is 5.57. The lowest BCUT2D eigenvalue weighted by molar-refractivity contribution is 0.415. The van der Waals surface area contributed by atoms with Crippen molar-refractivity contribution in [1.29, 1.82) is 0 Å². The molecule has 0 spiro atoms. The number of methoxy groups -OCH3 is 1. The van der Waals surface area contributed by atoms with E-state index in [9.17, 15) is 0 Å². The summed E-state index contributed by atoms with van der Waals surface area (Å²) in [5, 5.41) is 3.34. The Morgan fingerprint density at radius 2 is 2.16 bits per heavy atom. The van der Waals surface area contributed by atoms with E-state index in [0.29, 0.717) is 0 Å². The molecule has 100 valence electrons. The van der Waals surface area contributed by atoms with Crippen LogP contribution in [-0.2, 0) is 6.54 Å². The third-order valence-corrected chi connectivity index (χ3v) is 2.77. The minimum absolute atomic E-state index is 0.731. The largest absolute Gasteiger partial charge is 0.497 e. The summed E-state index contributed by atoms with van der Waals surface area (Å²) in [4.78, 5) is 8.88. The third-order valence-electron chi connectivity index (χ3n) is 2.77. The number of nitrogens with one attached hydrogen (secondary N) is 1. The van der Waals surface area contributed by atoms with Gasteiger partial charge in [0.25, 0.3) is 0 Å². The Labute approximate surface area is 113 Å². The lowest BCUT2D eigenvalue weighted by Gasteiger charge is -2.06. The van der Waals surface area contributed by atoms with Crippen molar-refractivity contribution < 1.29 is 4.74 Å². The van der Waals surface area contributed by atoms with E-state index in [4.69, 9.17) is 4.74 Å². The van der Waals surface area contributed by atoms with Crippen molar-refractivity contribution in [2.24, 2.45) is 0 Å². The second-order valence-corrected chi connectivity index (χ2v) is 4.28. The topological polar surface area (TPSA) is 47.0 Å². The van der Waals surface area contributed by atoms with Gasteiger partial charge in [-0.3, -0.25) is 0 Å². The zero-order chi connectivity index (χ0) is 13.5. The summed E-state index contributed by atoms with van der Waals surface area (Å²) in [6.07, 6.45) is 2.92. The van der Waals surface area contributed by atoms with E-state index >= 15 is 0 Å². The molecule has 19 heavy (non-hydrogen) atoms. The Morgan fingerprint density at radius 3 is 2.95 bits per heavy atom. The monoisotopic (exact) mass is 257 g/mol. The maximum absolute atomic E-state index is 5.22. The van der Waals surface area contributed by atoms with Crippen LogP contribution in [0.15, 0.2) is 36.5 Å². The molecule has 0 aliphatic rings. The maximum Gasteiger partial charge on any atom is 0.159 e. The first-order valence-electron chi connectivity index (χ1n) is 6.50. The van der Waals surface area contributed by atoms with E-state index in [1.54, 1.807) is 13.3 Å². The van der Waals surface area contributed by atoms with Gasteiger partial charge in [0.1, 0.15) is 5.75 Å². The van der Waals surface area contributed by atoms with E-state index < -0.39 is 0 Å². The molecule has 4 nitrogen and oxygen atoms in total. The average molecular weight is 257 g/mol. The van der Waals surface area contributed by atoms with Crippen LogP contribution in [0.25, 0.3) is 11.4 Å². The smallest absolute Gasteiger partial charge is 0.159 e. The first-order chi connectivity index (χ1) is 9.33. The van der Waals surface area contributed by atoms with Crippen molar-refractivity contribution in [2.75, 3.05) is 13.7 Å². The summed E-state index contributed by atoms with van der Waals surface area (Å²) >= 11 is 0. The number of hydrogen-bond donors (Lipinski definition) is 1. The quantitative estimate of drug-likeness (QED) is 0.808. The molecule has 0 aliphatic carbocycles. The standard InChI is InChI=1S/C15H19N3O/c1-3-8-16-11-13-7-9-17-15(18-13)12-5-4-6-14(10-12)19-2/h4-7,9-10,16H,3,8,11H2,1-2H3.